The number of ether oxygens (including phenoxy) is 1. The first kappa shape index (κ1) is 20.8. The molecule has 1 saturated heterocycles. The molecule has 0 bridgehead atoms. The molecule has 1 aliphatic heterocycles. The van der Waals surface area contributed by atoms with Crippen molar-refractivity contribution in [2.75, 3.05) is 26.2 Å². The fourth-order valence-corrected chi connectivity index (χ4v) is 4.70. The van der Waals surface area contributed by atoms with Gasteiger partial charge in [0, 0.05) is 26.2 Å². The highest BCUT2D eigenvalue weighted by molar-refractivity contribution is 7.88. The maximum atomic E-state index is 12.7. The van der Waals surface area contributed by atoms with E-state index in [0.29, 0.717) is 24.4 Å². The molecule has 0 saturated carbocycles. The molecule has 0 aliphatic carbocycles. The molecule has 1 fully saturated rings. The van der Waals surface area contributed by atoms with E-state index < -0.39 is 16.1 Å². The molecule has 2 aromatic rings. The Bertz CT molecular complexity index is 977. The Morgan fingerprint density at radius 1 is 1.07 bits per heavy atom. The van der Waals surface area contributed by atoms with E-state index in [1.165, 1.54) is 4.31 Å². The molecule has 1 amide bonds. The van der Waals surface area contributed by atoms with Crippen LogP contribution in [0, 0.1) is 11.3 Å². The minimum Gasteiger partial charge on any atom is -0.481 e. The predicted molar refractivity (Wildman–Crippen MR) is 108 cm³/mol. The van der Waals surface area contributed by atoms with Gasteiger partial charge in [-0.05, 0) is 36.8 Å². The van der Waals surface area contributed by atoms with Crippen LogP contribution in [0.2, 0.25) is 0 Å². The van der Waals surface area contributed by atoms with E-state index >= 15 is 0 Å². The Kier molecular flexibility index (Phi) is 6.52. The summed E-state index contributed by atoms with van der Waals surface area (Å²) in [5, 5.41) is 8.83. The van der Waals surface area contributed by atoms with Crippen LogP contribution in [0.5, 0.6) is 5.75 Å². The van der Waals surface area contributed by atoms with Gasteiger partial charge in [-0.25, -0.2) is 8.42 Å². The first-order valence-electron chi connectivity index (χ1n) is 9.36. The van der Waals surface area contributed by atoms with Gasteiger partial charge in [-0.15, -0.1) is 0 Å². The highest BCUT2D eigenvalue weighted by Gasteiger charge is 2.31. The fraction of sp³-hybridized carbons (Fsp3) is 0.333. The lowest BCUT2D eigenvalue weighted by atomic mass is 10.2. The van der Waals surface area contributed by atoms with Crippen LogP contribution in [0.1, 0.15) is 18.1 Å². The second-order valence-corrected chi connectivity index (χ2v) is 8.83. The second-order valence-electron chi connectivity index (χ2n) is 6.86. The normalized spacial score (nSPS) is 16.1. The molecule has 8 heteroatoms. The molecular weight excluding hydrogens is 390 g/mol. The first-order chi connectivity index (χ1) is 13.9. The molecule has 7 nitrogen and oxygen atoms in total. The minimum atomic E-state index is -3.42. The fourth-order valence-electron chi connectivity index (χ4n) is 3.18. The summed E-state index contributed by atoms with van der Waals surface area (Å²) in [6, 6.07) is 17.6. The highest BCUT2D eigenvalue weighted by Crippen LogP contribution is 2.17. The number of rotatable bonds is 6. The summed E-state index contributed by atoms with van der Waals surface area (Å²) in [5.41, 5.74) is 1.26. The maximum Gasteiger partial charge on any atom is 0.263 e. The number of hydrogen-bond acceptors (Lipinski definition) is 5. The van der Waals surface area contributed by atoms with Gasteiger partial charge < -0.3 is 9.64 Å². The second kappa shape index (κ2) is 9.07. The maximum absolute atomic E-state index is 12.7. The summed E-state index contributed by atoms with van der Waals surface area (Å²) in [7, 11) is -3.42. The SMILES string of the molecule is C[C@H](Oc1ccc(C#N)cc1)C(=O)N1CCN(S(=O)(=O)Cc2ccccc2)CC1. The van der Waals surface area contributed by atoms with E-state index in [0.717, 1.165) is 5.56 Å². The van der Waals surface area contributed by atoms with Gasteiger partial charge in [-0.1, -0.05) is 30.3 Å². The lowest BCUT2D eigenvalue weighted by molar-refractivity contribution is -0.139. The standard InChI is InChI=1S/C21H23N3O4S/c1-17(28-20-9-7-18(15-22)8-10-20)21(25)23-11-13-24(14-12-23)29(26,27)16-19-5-3-2-4-6-19/h2-10,17H,11-14,16H2,1H3/t17-/m0/s1. The number of benzene rings is 2. The summed E-state index contributed by atoms with van der Waals surface area (Å²) in [6.45, 7) is 2.86. The molecule has 152 valence electrons. The monoisotopic (exact) mass is 413 g/mol. The van der Waals surface area contributed by atoms with Gasteiger partial charge >= 0.3 is 0 Å². The first-order valence-corrected chi connectivity index (χ1v) is 11.0. The Hall–Kier alpha value is -2.89. The number of hydrogen-bond donors (Lipinski definition) is 0. The van der Waals surface area contributed by atoms with E-state index in [1.54, 1.807) is 48.2 Å². The number of piperazine rings is 1. The molecule has 0 N–H and O–H groups in total. The van der Waals surface area contributed by atoms with Crippen LogP contribution < -0.4 is 4.74 Å². The molecule has 0 aromatic heterocycles. The summed E-state index contributed by atoms with van der Waals surface area (Å²) in [4.78, 5) is 14.3. The van der Waals surface area contributed by atoms with Gasteiger partial charge in [0.15, 0.2) is 6.10 Å². The molecular formula is C21H23N3O4S. The van der Waals surface area contributed by atoms with E-state index in [-0.39, 0.29) is 24.7 Å². The Labute approximate surface area is 171 Å². The summed E-state index contributed by atoms with van der Waals surface area (Å²) < 4.78 is 32.4. The largest absolute Gasteiger partial charge is 0.481 e. The van der Waals surface area contributed by atoms with Crippen LogP contribution in [0.15, 0.2) is 54.6 Å². The molecule has 3 rings (SSSR count). The number of nitrogens with zero attached hydrogens (tertiary/aromatic N) is 3. The average Bonchev–Trinajstić information content (AvgIpc) is 2.74. The Balaban J connectivity index is 1.53. The average molecular weight is 413 g/mol. The number of amides is 1. The van der Waals surface area contributed by atoms with Gasteiger partial charge in [0.25, 0.3) is 5.91 Å². The molecule has 2 aromatic carbocycles. The van der Waals surface area contributed by atoms with Crippen LogP contribution in [0.25, 0.3) is 0 Å². The highest BCUT2D eigenvalue weighted by atomic mass is 32.2. The van der Waals surface area contributed by atoms with E-state index in [1.807, 2.05) is 24.3 Å². The van der Waals surface area contributed by atoms with Crippen molar-refractivity contribution in [3.05, 3.63) is 65.7 Å². The lowest BCUT2D eigenvalue weighted by Crippen LogP contribution is -2.53. The van der Waals surface area contributed by atoms with Crippen molar-refractivity contribution in [1.29, 1.82) is 5.26 Å². The number of carbonyl (C=O) groups is 1. The smallest absolute Gasteiger partial charge is 0.263 e. The van der Waals surface area contributed by atoms with Crippen molar-refractivity contribution in [3.63, 3.8) is 0 Å². The van der Waals surface area contributed by atoms with Crippen LogP contribution in [-0.2, 0) is 20.6 Å². The summed E-state index contributed by atoms with van der Waals surface area (Å²) >= 11 is 0. The zero-order valence-corrected chi connectivity index (χ0v) is 17.0. The summed E-state index contributed by atoms with van der Waals surface area (Å²) in [6.07, 6.45) is -0.699. The third kappa shape index (κ3) is 5.34. The predicted octanol–water partition coefficient (Wildman–Crippen LogP) is 2.00. The zero-order chi connectivity index (χ0) is 20.9. The summed E-state index contributed by atoms with van der Waals surface area (Å²) in [5.74, 6) is 0.281. The van der Waals surface area contributed by atoms with Gasteiger partial charge in [0.2, 0.25) is 10.0 Å². The quantitative estimate of drug-likeness (QED) is 0.722. The van der Waals surface area contributed by atoms with Crippen LogP contribution in [-0.4, -0.2) is 55.8 Å². The Morgan fingerprint density at radius 2 is 1.69 bits per heavy atom. The number of carbonyl (C=O) groups excluding carboxylic acids is 1. The van der Waals surface area contributed by atoms with Gasteiger partial charge in [-0.2, -0.15) is 9.57 Å². The van der Waals surface area contributed by atoms with E-state index in [9.17, 15) is 13.2 Å². The van der Waals surface area contributed by atoms with Crippen molar-refractivity contribution in [3.8, 4) is 11.8 Å². The third-order valence-electron chi connectivity index (χ3n) is 4.78. The number of nitriles is 1. The molecule has 0 radical (unpaired) electrons. The molecule has 1 aliphatic rings. The molecule has 29 heavy (non-hydrogen) atoms. The van der Waals surface area contributed by atoms with E-state index in [2.05, 4.69) is 0 Å². The van der Waals surface area contributed by atoms with Crippen molar-refractivity contribution in [2.24, 2.45) is 0 Å². The van der Waals surface area contributed by atoms with Crippen LogP contribution in [0.3, 0.4) is 0 Å². The zero-order valence-electron chi connectivity index (χ0n) is 16.2. The van der Waals surface area contributed by atoms with Crippen LogP contribution >= 0.6 is 0 Å². The van der Waals surface area contributed by atoms with Crippen molar-refractivity contribution < 1.29 is 17.9 Å². The molecule has 0 unspecified atom stereocenters. The minimum absolute atomic E-state index is 0.0417. The Morgan fingerprint density at radius 3 is 2.28 bits per heavy atom. The molecule has 1 atom stereocenters. The topological polar surface area (TPSA) is 90.7 Å². The van der Waals surface area contributed by atoms with E-state index in [4.69, 9.17) is 10.00 Å². The van der Waals surface area contributed by atoms with Gasteiger partial charge in [0.05, 0.1) is 17.4 Å². The van der Waals surface area contributed by atoms with Crippen LogP contribution in [0.4, 0.5) is 0 Å². The third-order valence-corrected chi connectivity index (χ3v) is 6.63. The van der Waals surface area contributed by atoms with Crippen molar-refractivity contribution >= 4 is 15.9 Å². The van der Waals surface area contributed by atoms with Crippen molar-refractivity contribution in [1.82, 2.24) is 9.21 Å². The lowest BCUT2D eigenvalue weighted by Gasteiger charge is -2.35. The van der Waals surface area contributed by atoms with Gasteiger partial charge in [0.1, 0.15) is 5.75 Å². The van der Waals surface area contributed by atoms with Gasteiger partial charge in [-0.3, -0.25) is 4.79 Å². The molecule has 1 heterocycles. The van der Waals surface area contributed by atoms with Crippen molar-refractivity contribution in [2.45, 2.75) is 18.8 Å². The number of sulfonamides is 1. The molecule has 0 spiro atoms.